The molecule has 120 valence electrons. The number of carbonyl (C=O) groups is 2. The Morgan fingerprint density at radius 2 is 1.67 bits per heavy atom. The van der Waals surface area contributed by atoms with Crippen molar-refractivity contribution in [1.29, 1.82) is 0 Å². The maximum absolute atomic E-state index is 12.6. The number of hydrogen-bond donors (Lipinski definition) is 2. The van der Waals surface area contributed by atoms with E-state index in [1.807, 2.05) is 11.9 Å². The molecule has 21 heavy (non-hydrogen) atoms. The van der Waals surface area contributed by atoms with E-state index in [9.17, 15) is 9.59 Å². The zero-order valence-corrected chi connectivity index (χ0v) is 13.2. The van der Waals surface area contributed by atoms with E-state index in [0.717, 1.165) is 64.6 Å². The fourth-order valence-corrected chi connectivity index (χ4v) is 3.52. The number of nitrogens with zero attached hydrogens (tertiary/aromatic N) is 1. The van der Waals surface area contributed by atoms with Crippen LogP contribution >= 0.6 is 0 Å². The lowest BCUT2D eigenvalue weighted by Crippen LogP contribution is -2.45. The molecule has 2 aliphatic rings. The summed E-state index contributed by atoms with van der Waals surface area (Å²) in [7, 11) is 1.91. The molecular formula is C16H29N3O2. The van der Waals surface area contributed by atoms with Gasteiger partial charge in [-0.15, -0.1) is 0 Å². The van der Waals surface area contributed by atoms with Crippen molar-refractivity contribution in [3.8, 4) is 0 Å². The highest BCUT2D eigenvalue weighted by Crippen LogP contribution is 2.32. The van der Waals surface area contributed by atoms with Gasteiger partial charge in [-0.3, -0.25) is 9.59 Å². The SMILES string of the molecule is CNCCCNC(=O)C1CCCCC1C(=O)N1CCCC1. The number of likely N-dealkylation sites (tertiary alicyclic amines) is 1. The molecule has 0 aromatic rings. The van der Waals surface area contributed by atoms with Crippen LogP contribution in [0.15, 0.2) is 0 Å². The van der Waals surface area contributed by atoms with Crippen molar-refractivity contribution in [1.82, 2.24) is 15.5 Å². The lowest BCUT2D eigenvalue weighted by Gasteiger charge is -2.32. The van der Waals surface area contributed by atoms with Crippen molar-refractivity contribution in [3.63, 3.8) is 0 Å². The summed E-state index contributed by atoms with van der Waals surface area (Å²) in [5, 5.41) is 6.09. The summed E-state index contributed by atoms with van der Waals surface area (Å²) in [5.74, 6) is 0.119. The van der Waals surface area contributed by atoms with Gasteiger partial charge in [-0.25, -0.2) is 0 Å². The van der Waals surface area contributed by atoms with Gasteiger partial charge in [-0.1, -0.05) is 12.8 Å². The molecule has 1 aliphatic heterocycles. The van der Waals surface area contributed by atoms with Gasteiger partial charge in [-0.05, 0) is 45.7 Å². The van der Waals surface area contributed by atoms with E-state index in [1.165, 1.54) is 0 Å². The number of amides is 2. The zero-order chi connectivity index (χ0) is 15.1. The molecule has 0 aromatic heterocycles. The molecule has 2 amide bonds. The normalized spacial score (nSPS) is 25.9. The first-order chi connectivity index (χ1) is 10.2. The van der Waals surface area contributed by atoms with Crippen LogP contribution in [0.1, 0.15) is 44.9 Å². The minimum Gasteiger partial charge on any atom is -0.356 e. The fraction of sp³-hybridized carbons (Fsp3) is 0.875. The van der Waals surface area contributed by atoms with Crippen LogP contribution in [0.2, 0.25) is 0 Å². The fourth-order valence-electron chi connectivity index (χ4n) is 3.52. The van der Waals surface area contributed by atoms with Gasteiger partial charge in [0.05, 0.1) is 0 Å². The Labute approximate surface area is 127 Å². The molecule has 0 spiro atoms. The lowest BCUT2D eigenvalue weighted by atomic mass is 9.78. The van der Waals surface area contributed by atoms with Crippen LogP contribution in [0.25, 0.3) is 0 Å². The van der Waals surface area contributed by atoms with Crippen molar-refractivity contribution in [2.45, 2.75) is 44.9 Å². The molecule has 1 heterocycles. The number of nitrogens with one attached hydrogen (secondary N) is 2. The van der Waals surface area contributed by atoms with Crippen LogP contribution in [0, 0.1) is 11.8 Å². The predicted molar refractivity (Wildman–Crippen MR) is 82.8 cm³/mol. The Balaban J connectivity index is 1.88. The second-order valence-corrected chi connectivity index (χ2v) is 6.28. The standard InChI is InChI=1S/C16H29N3O2/c1-17-9-6-10-18-15(20)13-7-2-3-8-14(13)16(21)19-11-4-5-12-19/h13-14,17H,2-12H2,1H3,(H,18,20). The molecular weight excluding hydrogens is 266 g/mol. The molecule has 1 saturated carbocycles. The highest BCUT2D eigenvalue weighted by molar-refractivity contribution is 5.88. The van der Waals surface area contributed by atoms with Crippen molar-refractivity contribution >= 4 is 11.8 Å². The third-order valence-corrected chi connectivity index (χ3v) is 4.74. The second kappa shape index (κ2) is 8.37. The van der Waals surface area contributed by atoms with E-state index in [4.69, 9.17) is 0 Å². The van der Waals surface area contributed by atoms with Crippen molar-refractivity contribution < 1.29 is 9.59 Å². The van der Waals surface area contributed by atoms with Crippen LogP contribution in [-0.2, 0) is 9.59 Å². The minimum atomic E-state index is -0.110. The Morgan fingerprint density at radius 1 is 1.00 bits per heavy atom. The zero-order valence-electron chi connectivity index (χ0n) is 13.2. The molecule has 5 nitrogen and oxygen atoms in total. The molecule has 1 aliphatic carbocycles. The van der Waals surface area contributed by atoms with E-state index in [2.05, 4.69) is 10.6 Å². The molecule has 2 N–H and O–H groups in total. The molecule has 2 unspecified atom stereocenters. The quantitative estimate of drug-likeness (QED) is 0.722. The smallest absolute Gasteiger partial charge is 0.226 e. The molecule has 2 fully saturated rings. The minimum absolute atomic E-state index is 0.0823. The number of carbonyl (C=O) groups excluding carboxylic acids is 2. The molecule has 0 bridgehead atoms. The van der Waals surface area contributed by atoms with Crippen LogP contribution in [0.4, 0.5) is 0 Å². The van der Waals surface area contributed by atoms with Crippen molar-refractivity contribution in [2.24, 2.45) is 11.8 Å². The summed E-state index contributed by atoms with van der Waals surface area (Å²) < 4.78 is 0. The maximum Gasteiger partial charge on any atom is 0.226 e. The van der Waals surface area contributed by atoms with E-state index in [0.29, 0.717) is 6.54 Å². The summed E-state index contributed by atoms with van der Waals surface area (Å²) in [6.07, 6.45) is 7.04. The molecule has 0 radical (unpaired) electrons. The van der Waals surface area contributed by atoms with Gasteiger partial charge in [0.15, 0.2) is 0 Å². The van der Waals surface area contributed by atoms with Gasteiger partial charge in [-0.2, -0.15) is 0 Å². The first-order valence-electron chi connectivity index (χ1n) is 8.45. The van der Waals surface area contributed by atoms with Crippen LogP contribution in [0.5, 0.6) is 0 Å². The first-order valence-corrected chi connectivity index (χ1v) is 8.45. The third-order valence-electron chi connectivity index (χ3n) is 4.74. The second-order valence-electron chi connectivity index (χ2n) is 6.28. The summed E-state index contributed by atoms with van der Waals surface area (Å²) in [6.45, 7) is 3.36. The van der Waals surface area contributed by atoms with Crippen LogP contribution in [-0.4, -0.2) is 49.9 Å². The molecule has 5 heteroatoms. The van der Waals surface area contributed by atoms with Gasteiger partial charge in [0.2, 0.25) is 11.8 Å². The first kappa shape index (κ1) is 16.3. The van der Waals surface area contributed by atoms with Gasteiger partial charge >= 0.3 is 0 Å². The molecule has 2 atom stereocenters. The highest BCUT2D eigenvalue weighted by Gasteiger charge is 2.38. The molecule has 0 aromatic carbocycles. The number of hydrogen-bond acceptors (Lipinski definition) is 3. The molecule has 2 rings (SSSR count). The summed E-state index contributed by atoms with van der Waals surface area (Å²) in [4.78, 5) is 27.0. The average molecular weight is 295 g/mol. The van der Waals surface area contributed by atoms with E-state index in [-0.39, 0.29) is 23.7 Å². The Kier molecular flexibility index (Phi) is 6.49. The van der Waals surface area contributed by atoms with Gasteiger partial charge in [0.1, 0.15) is 0 Å². The average Bonchev–Trinajstić information content (AvgIpc) is 3.05. The van der Waals surface area contributed by atoms with E-state index in [1.54, 1.807) is 0 Å². The maximum atomic E-state index is 12.6. The highest BCUT2D eigenvalue weighted by atomic mass is 16.2. The van der Waals surface area contributed by atoms with E-state index >= 15 is 0 Å². The monoisotopic (exact) mass is 295 g/mol. The van der Waals surface area contributed by atoms with Crippen LogP contribution < -0.4 is 10.6 Å². The number of rotatable bonds is 6. The summed E-state index contributed by atoms with van der Waals surface area (Å²) >= 11 is 0. The van der Waals surface area contributed by atoms with Crippen molar-refractivity contribution in [3.05, 3.63) is 0 Å². The predicted octanol–water partition coefficient (Wildman–Crippen LogP) is 1.14. The van der Waals surface area contributed by atoms with Gasteiger partial charge < -0.3 is 15.5 Å². The van der Waals surface area contributed by atoms with Crippen LogP contribution in [0.3, 0.4) is 0 Å². The topological polar surface area (TPSA) is 61.4 Å². The van der Waals surface area contributed by atoms with E-state index < -0.39 is 0 Å². The lowest BCUT2D eigenvalue weighted by molar-refractivity contribution is -0.142. The summed E-state index contributed by atoms with van der Waals surface area (Å²) in [5.41, 5.74) is 0. The Bertz CT molecular complexity index is 353. The Morgan fingerprint density at radius 3 is 2.33 bits per heavy atom. The summed E-state index contributed by atoms with van der Waals surface area (Å²) in [6, 6.07) is 0. The van der Waals surface area contributed by atoms with Gasteiger partial charge in [0, 0.05) is 31.5 Å². The van der Waals surface area contributed by atoms with Gasteiger partial charge in [0.25, 0.3) is 0 Å². The van der Waals surface area contributed by atoms with Crippen molar-refractivity contribution in [2.75, 3.05) is 33.2 Å². The largest absolute Gasteiger partial charge is 0.356 e. The molecule has 1 saturated heterocycles. The third kappa shape index (κ3) is 4.43. The Hall–Kier alpha value is -1.10.